The molecular weight excluding hydrogens is 346 g/mol. The van der Waals surface area contributed by atoms with E-state index >= 15 is 0 Å². The van der Waals surface area contributed by atoms with Crippen molar-refractivity contribution in [2.45, 2.75) is 26.5 Å². The van der Waals surface area contributed by atoms with E-state index in [2.05, 4.69) is 10.1 Å². The van der Waals surface area contributed by atoms with Gasteiger partial charge in [0.15, 0.2) is 0 Å². The lowest BCUT2D eigenvalue weighted by Crippen LogP contribution is -2.35. The molecule has 1 N–H and O–H groups in total. The lowest BCUT2D eigenvalue weighted by atomic mass is 9.83. The average Bonchev–Trinajstić information content (AvgIpc) is 2.57. The van der Waals surface area contributed by atoms with Crippen LogP contribution >= 0.6 is 6.64 Å². The van der Waals surface area contributed by atoms with Crippen LogP contribution in [0.3, 0.4) is 0 Å². The summed E-state index contributed by atoms with van der Waals surface area (Å²) in [5, 5.41) is 3.21. The first-order valence-electron chi connectivity index (χ1n) is 7.70. The maximum absolute atomic E-state index is 13.6. The first-order valence-corrected chi connectivity index (χ1v) is 10.3. The number of hydrogen-bond acceptors (Lipinski definition) is 4. The standard InChI is InChI=1S/C17H20FN2O2PS/c1-17(2)12-21-23(24,20-11-13-5-4-8-19-10-13)22-16(17)14-6-3-7-15(18)9-14/h3-10,16H,11-12H2,1-2H3,(H,20,24)/t16-,23+/m0/s1. The molecule has 4 nitrogen and oxygen atoms in total. The lowest BCUT2D eigenvalue weighted by molar-refractivity contribution is -0.0153. The van der Waals surface area contributed by atoms with Gasteiger partial charge in [-0.1, -0.05) is 32.0 Å². The van der Waals surface area contributed by atoms with Gasteiger partial charge in [0.05, 0.1) is 12.7 Å². The molecule has 3 rings (SSSR count). The fourth-order valence-corrected chi connectivity index (χ4v) is 4.99. The fraction of sp³-hybridized carbons (Fsp3) is 0.353. The van der Waals surface area contributed by atoms with Crippen LogP contribution in [-0.2, 0) is 27.4 Å². The summed E-state index contributed by atoms with van der Waals surface area (Å²) in [6, 6.07) is 10.3. The molecular formula is C17H20FN2O2PS. The molecule has 24 heavy (non-hydrogen) atoms. The molecule has 0 amide bonds. The number of aromatic nitrogens is 1. The van der Waals surface area contributed by atoms with E-state index in [1.807, 2.05) is 32.0 Å². The third-order valence-electron chi connectivity index (χ3n) is 3.91. The van der Waals surface area contributed by atoms with Gasteiger partial charge in [-0.25, -0.2) is 9.48 Å². The highest BCUT2D eigenvalue weighted by atomic mass is 32.5. The van der Waals surface area contributed by atoms with Crippen LogP contribution in [0.1, 0.15) is 31.1 Å². The maximum Gasteiger partial charge on any atom is 0.262 e. The molecule has 1 aromatic carbocycles. The van der Waals surface area contributed by atoms with Crippen molar-refractivity contribution in [1.29, 1.82) is 0 Å². The van der Waals surface area contributed by atoms with Gasteiger partial charge >= 0.3 is 0 Å². The Kier molecular flexibility index (Phi) is 5.13. The van der Waals surface area contributed by atoms with E-state index in [9.17, 15) is 4.39 Å². The smallest absolute Gasteiger partial charge is 0.262 e. The lowest BCUT2D eigenvalue weighted by Gasteiger charge is -2.43. The van der Waals surface area contributed by atoms with Crippen LogP contribution in [0.25, 0.3) is 0 Å². The van der Waals surface area contributed by atoms with Crippen molar-refractivity contribution in [3.05, 3.63) is 65.7 Å². The van der Waals surface area contributed by atoms with Gasteiger partial charge in [0.1, 0.15) is 5.82 Å². The summed E-state index contributed by atoms with van der Waals surface area (Å²) in [5.74, 6) is -0.282. The van der Waals surface area contributed by atoms with E-state index in [4.69, 9.17) is 20.9 Å². The Morgan fingerprint density at radius 1 is 1.38 bits per heavy atom. The summed E-state index contributed by atoms with van der Waals surface area (Å²) in [4.78, 5) is 4.08. The number of hydrogen-bond donors (Lipinski definition) is 1. The molecule has 2 atom stereocenters. The van der Waals surface area contributed by atoms with Crippen LogP contribution in [0, 0.1) is 11.2 Å². The molecule has 1 aliphatic rings. The zero-order valence-electron chi connectivity index (χ0n) is 13.6. The summed E-state index contributed by atoms with van der Waals surface area (Å²) in [5.41, 5.74) is 1.48. The van der Waals surface area contributed by atoms with Crippen molar-refractivity contribution in [3.63, 3.8) is 0 Å². The van der Waals surface area contributed by atoms with Crippen molar-refractivity contribution >= 4 is 18.4 Å². The molecule has 2 aromatic rings. The highest BCUT2D eigenvalue weighted by Gasteiger charge is 2.42. The predicted molar refractivity (Wildman–Crippen MR) is 95.3 cm³/mol. The number of benzene rings is 1. The summed E-state index contributed by atoms with van der Waals surface area (Å²) in [7, 11) is 0. The van der Waals surface area contributed by atoms with E-state index in [0.717, 1.165) is 11.1 Å². The van der Waals surface area contributed by atoms with Crippen LogP contribution in [0.4, 0.5) is 4.39 Å². The van der Waals surface area contributed by atoms with Crippen molar-refractivity contribution in [1.82, 2.24) is 10.1 Å². The largest absolute Gasteiger partial charge is 0.317 e. The predicted octanol–water partition coefficient (Wildman–Crippen LogP) is 4.35. The Hall–Kier alpha value is -1.17. The van der Waals surface area contributed by atoms with Crippen LogP contribution < -0.4 is 5.09 Å². The molecule has 0 spiro atoms. The molecule has 1 aromatic heterocycles. The highest BCUT2D eigenvalue weighted by Crippen LogP contribution is 2.58. The van der Waals surface area contributed by atoms with Gasteiger partial charge in [0.25, 0.3) is 6.64 Å². The monoisotopic (exact) mass is 366 g/mol. The molecule has 2 heterocycles. The quantitative estimate of drug-likeness (QED) is 0.815. The molecule has 0 bridgehead atoms. The van der Waals surface area contributed by atoms with Gasteiger partial charge in [-0.05, 0) is 41.1 Å². The zero-order chi connectivity index (χ0) is 17.2. The Morgan fingerprint density at radius 2 is 2.21 bits per heavy atom. The molecule has 0 saturated carbocycles. The second kappa shape index (κ2) is 6.98. The normalized spacial score (nSPS) is 26.2. The van der Waals surface area contributed by atoms with Crippen LogP contribution in [0.2, 0.25) is 0 Å². The minimum absolute atomic E-state index is 0.282. The van der Waals surface area contributed by atoms with Gasteiger partial charge in [-0.2, -0.15) is 0 Å². The summed E-state index contributed by atoms with van der Waals surface area (Å²) >= 11 is 5.61. The second-order valence-electron chi connectivity index (χ2n) is 6.50. The zero-order valence-corrected chi connectivity index (χ0v) is 15.3. The van der Waals surface area contributed by atoms with E-state index in [0.29, 0.717) is 13.2 Å². The summed E-state index contributed by atoms with van der Waals surface area (Å²) in [6.45, 7) is 2.36. The maximum atomic E-state index is 13.6. The number of rotatable bonds is 4. The minimum atomic E-state index is -2.66. The minimum Gasteiger partial charge on any atom is -0.317 e. The van der Waals surface area contributed by atoms with Gasteiger partial charge in [0.2, 0.25) is 0 Å². The van der Waals surface area contributed by atoms with Crippen molar-refractivity contribution < 1.29 is 13.4 Å². The SMILES string of the molecule is CC1(C)CO[P@](=S)(NCc2cccnc2)O[C@H]1c1cccc(F)c1. The van der Waals surface area contributed by atoms with Crippen LogP contribution in [0.5, 0.6) is 0 Å². The Morgan fingerprint density at radius 3 is 2.92 bits per heavy atom. The van der Waals surface area contributed by atoms with E-state index in [-0.39, 0.29) is 17.3 Å². The van der Waals surface area contributed by atoms with Gasteiger partial charge in [-0.3, -0.25) is 4.98 Å². The molecule has 0 aliphatic carbocycles. The Bertz CT molecular complexity index is 757. The van der Waals surface area contributed by atoms with E-state index in [1.54, 1.807) is 18.5 Å². The van der Waals surface area contributed by atoms with E-state index in [1.165, 1.54) is 12.1 Å². The molecule has 7 heteroatoms. The van der Waals surface area contributed by atoms with Crippen molar-refractivity contribution in [2.24, 2.45) is 5.41 Å². The first kappa shape index (κ1) is 17.6. The number of pyridine rings is 1. The summed E-state index contributed by atoms with van der Waals surface area (Å²) < 4.78 is 25.6. The van der Waals surface area contributed by atoms with Crippen molar-refractivity contribution in [2.75, 3.05) is 6.61 Å². The number of nitrogens with zero attached hydrogens (tertiary/aromatic N) is 1. The molecule has 0 radical (unpaired) electrons. The molecule has 1 aliphatic heterocycles. The first-order chi connectivity index (χ1) is 11.4. The number of halogens is 1. The Balaban J connectivity index is 1.78. The molecule has 1 saturated heterocycles. The third-order valence-corrected chi connectivity index (χ3v) is 6.38. The highest BCUT2D eigenvalue weighted by molar-refractivity contribution is 8.09. The third kappa shape index (κ3) is 4.08. The average molecular weight is 366 g/mol. The van der Waals surface area contributed by atoms with Gasteiger partial charge in [0, 0.05) is 24.4 Å². The molecule has 0 unspecified atom stereocenters. The Labute approximate surface area is 146 Å². The molecule has 1 fully saturated rings. The van der Waals surface area contributed by atoms with Gasteiger partial charge < -0.3 is 9.05 Å². The number of nitrogens with one attached hydrogen (secondary N) is 1. The van der Waals surface area contributed by atoms with Gasteiger partial charge in [-0.15, -0.1) is 0 Å². The second-order valence-corrected chi connectivity index (χ2v) is 9.72. The fourth-order valence-electron chi connectivity index (χ4n) is 2.59. The van der Waals surface area contributed by atoms with Crippen LogP contribution in [0.15, 0.2) is 48.8 Å². The summed E-state index contributed by atoms with van der Waals surface area (Å²) in [6.07, 6.45) is 3.17. The van der Waals surface area contributed by atoms with Crippen LogP contribution in [-0.4, -0.2) is 11.6 Å². The topological polar surface area (TPSA) is 43.4 Å². The van der Waals surface area contributed by atoms with Crippen molar-refractivity contribution in [3.8, 4) is 0 Å². The van der Waals surface area contributed by atoms with E-state index < -0.39 is 6.64 Å². The molecule has 128 valence electrons.